The Bertz CT molecular complexity index is 1500. The third-order valence-electron chi connectivity index (χ3n) is 6.76. The number of halogens is 2. The first-order valence-corrected chi connectivity index (χ1v) is 13.8. The summed E-state index contributed by atoms with van der Waals surface area (Å²) in [6, 6.07) is 3.49. The number of pyridine rings is 1. The Balaban J connectivity index is 1.69. The number of aromatic nitrogens is 3. The van der Waals surface area contributed by atoms with Gasteiger partial charge in [0.1, 0.15) is 18.0 Å². The van der Waals surface area contributed by atoms with Gasteiger partial charge in [-0.3, -0.25) is 9.55 Å². The molecule has 38 heavy (non-hydrogen) atoms. The Kier molecular flexibility index (Phi) is 6.84. The molecule has 3 aromatic rings. The van der Waals surface area contributed by atoms with Crippen LogP contribution in [-0.2, 0) is 4.74 Å². The topological polar surface area (TPSA) is 89.8 Å². The van der Waals surface area contributed by atoms with Gasteiger partial charge in [-0.2, -0.15) is 4.98 Å². The molecule has 1 atom stereocenters. The summed E-state index contributed by atoms with van der Waals surface area (Å²) in [5.41, 5.74) is 2.04. The molecule has 0 spiro atoms. The number of nitrogens with zero attached hydrogens (tertiary/aromatic N) is 5. The van der Waals surface area contributed by atoms with Gasteiger partial charge in [0.15, 0.2) is 5.75 Å². The molecule has 5 rings (SSSR count). The van der Waals surface area contributed by atoms with E-state index in [0.717, 1.165) is 11.3 Å². The first-order chi connectivity index (χ1) is 17.9. The van der Waals surface area contributed by atoms with Crippen molar-refractivity contribution in [2.24, 2.45) is 0 Å². The summed E-state index contributed by atoms with van der Waals surface area (Å²) >= 11 is 10.3. The number of rotatable bonds is 2. The molecule has 1 saturated heterocycles. The van der Waals surface area contributed by atoms with E-state index >= 15 is 0 Å². The first kappa shape index (κ1) is 26.7. The van der Waals surface area contributed by atoms with Crippen LogP contribution in [-0.4, -0.2) is 63.4 Å². The van der Waals surface area contributed by atoms with E-state index in [9.17, 15) is 9.59 Å². The lowest BCUT2D eigenvalue weighted by Crippen LogP contribution is -2.57. The molecular weight excluding hydrogens is 574 g/mol. The van der Waals surface area contributed by atoms with E-state index in [1.807, 2.05) is 53.7 Å². The molecule has 0 aliphatic carbocycles. The monoisotopic (exact) mass is 603 g/mol. The van der Waals surface area contributed by atoms with Crippen LogP contribution in [0.1, 0.15) is 51.8 Å². The van der Waals surface area contributed by atoms with Gasteiger partial charge in [-0.25, -0.2) is 9.59 Å². The largest absolute Gasteiger partial charge is 0.489 e. The van der Waals surface area contributed by atoms with Crippen molar-refractivity contribution in [2.75, 3.05) is 31.1 Å². The summed E-state index contributed by atoms with van der Waals surface area (Å²) in [5, 5.41) is 1.06. The van der Waals surface area contributed by atoms with E-state index in [4.69, 9.17) is 21.1 Å². The minimum atomic E-state index is -0.596. The second-order valence-electron chi connectivity index (χ2n) is 11.0. The number of piperazine rings is 1. The fraction of sp³-hybridized carbons (Fsp3) is 0.481. The van der Waals surface area contributed by atoms with E-state index < -0.39 is 11.3 Å². The maximum atomic E-state index is 13.8. The van der Waals surface area contributed by atoms with E-state index in [0.29, 0.717) is 57.3 Å². The fourth-order valence-corrected chi connectivity index (χ4v) is 5.68. The van der Waals surface area contributed by atoms with Crippen molar-refractivity contribution in [3.05, 3.63) is 49.6 Å². The van der Waals surface area contributed by atoms with Crippen LogP contribution in [0.25, 0.3) is 16.6 Å². The van der Waals surface area contributed by atoms with Gasteiger partial charge in [0.05, 0.1) is 33.3 Å². The molecule has 202 valence electrons. The number of benzene rings is 1. The maximum Gasteiger partial charge on any atom is 0.410 e. The number of hydrogen-bond donors (Lipinski definition) is 0. The lowest BCUT2D eigenvalue weighted by molar-refractivity contribution is 0.0202. The lowest BCUT2D eigenvalue weighted by atomic mass is 10.0. The molecule has 0 N–H and O–H groups in total. The Morgan fingerprint density at radius 1 is 1.29 bits per heavy atom. The molecular formula is C27H31BrClN5O4. The van der Waals surface area contributed by atoms with Crippen molar-refractivity contribution >= 4 is 50.3 Å². The Hall–Kier alpha value is -2.85. The maximum absolute atomic E-state index is 13.8. The minimum Gasteiger partial charge on any atom is -0.489 e. The van der Waals surface area contributed by atoms with Crippen LogP contribution in [0.3, 0.4) is 0 Å². The van der Waals surface area contributed by atoms with Gasteiger partial charge < -0.3 is 19.3 Å². The van der Waals surface area contributed by atoms with Gasteiger partial charge in [-0.05, 0) is 67.2 Å². The molecule has 1 aromatic carbocycles. The average molecular weight is 605 g/mol. The highest BCUT2D eigenvalue weighted by molar-refractivity contribution is 9.10. The number of carbonyl (C=O) groups is 1. The molecule has 2 aromatic heterocycles. The number of ether oxygens (including phenoxy) is 2. The first-order valence-electron chi connectivity index (χ1n) is 12.7. The van der Waals surface area contributed by atoms with Crippen molar-refractivity contribution < 1.29 is 14.3 Å². The molecule has 2 aliphatic heterocycles. The second-order valence-corrected chi connectivity index (χ2v) is 12.3. The van der Waals surface area contributed by atoms with Crippen LogP contribution in [0.4, 0.5) is 10.6 Å². The molecule has 2 aliphatic rings. The highest BCUT2D eigenvalue weighted by Gasteiger charge is 2.38. The highest BCUT2D eigenvalue weighted by atomic mass is 79.9. The Morgan fingerprint density at radius 2 is 2.03 bits per heavy atom. The third kappa shape index (κ3) is 4.62. The summed E-state index contributed by atoms with van der Waals surface area (Å²) in [7, 11) is 0. The molecule has 4 heterocycles. The molecule has 11 heteroatoms. The molecule has 0 saturated carbocycles. The van der Waals surface area contributed by atoms with Crippen LogP contribution >= 0.6 is 27.5 Å². The fourth-order valence-electron chi connectivity index (χ4n) is 5.08. The summed E-state index contributed by atoms with van der Waals surface area (Å²) in [6.07, 6.45) is 1.38. The quantitative estimate of drug-likeness (QED) is 0.384. The van der Waals surface area contributed by atoms with Gasteiger partial charge in [0, 0.05) is 30.3 Å². The van der Waals surface area contributed by atoms with Gasteiger partial charge in [0.2, 0.25) is 0 Å². The molecule has 0 bridgehead atoms. The van der Waals surface area contributed by atoms with Crippen LogP contribution in [0.2, 0.25) is 5.02 Å². The number of carbonyl (C=O) groups excluding carboxylic acids is 1. The number of aryl methyl sites for hydroxylation is 1. The van der Waals surface area contributed by atoms with E-state index in [2.05, 4.69) is 30.8 Å². The summed E-state index contributed by atoms with van der Waals surface area (Å²) < 4.78 is 14.1. The Labute approximate surface area is 234 Å². The van der Waals surface area contributed by atoms with Crippen molar-refractivity contribution in [3.8, 4) is 11.4 Å². The van der Waals surface area contributed by atoms with Crippen molar-refractivity contribution in [1.82, 2.24) is 19.4 Å². The van der Waals surface area contributed by atoms with Crippen molar-refractivity contribution in [2.45, 2.75) is 59.1 Å². The number of anilines is 1. The number of fused-ring (bicyclic) bond motifs is 2. The van der Waals surface area contributed by atoms with Crippen LogP contribution in [0, 0.1) is 6.92 Å². The summed E-state index contributed by atoms with van der Waals surface area (Å²) in [6.45, 7) is 13.1. The zero-order valence-corrected chi connectivity index (χ0v) is 24.7. The minimum absolute atomic E-state index is 0.0824. The summed E-state index contributed by atoms with van der Waals surface area (Å²) in [5.74, 6) is 1.04. The smallest absolute Gasteiger partial charge is 0.410 e. The van der Waals surface area contributed by atoms with E-state index in [1.54, 1.807) is 15.7 Å². The SMILES string of the molecule is Cc1ccnc(C(C)C)c1-n1c(=O)nc2c3c(c(Cl)c(Br)cc31)OC[C@H]1CN(C(=O)OC(C)(C)C)CCN21. The van der Waals surface area contributed by atoms with Gasteiger partial charge in [-0.1, -0.05) is 25.4 Å². The number of amides is 1. The summed E-state index contributed by atoms with van der Waals surface area (Å²) in [4.78, 5) is 39.5. The zero-order valence-electron chi connectivity index (χ0n) is 22.3. The predicted octanol–water partition coefficient (Wildman–Crippen LogP) is 5.45. The normalized spacial score (nSPS) is 17.3. The highest BCUT2D eigenvalue weighted by Crippen LogP contribution is 2.45. The van der Waals surface area contributed by atoms with Gasteiger partial charge in [-0.15, -0.1) is 0 Å². The number of hydrogen-bond acceptors (Lipinski definition) is 7. The third-order valence-corrected chi connectivity index (χ3v) is 7.99. The average Bonchev–Trinajstić information content (AvgIpc) is 2.99. The van der Waals surface area contributed by atoms with Gasteiger partial charge in [0.25, 0.3) is 0 Å². The van der Waals surface area contributed by atoms with Crippen molar-refractivity contribution in [3.63, 3.8) is 0 Å². The predicted molar refractivity (Wildman–Crippen MR) is 151 cm³/mol. The van der Waals surface area contributed by atoms with Crippen LogP contribution in [0.5, 0.6) is 5.75 Å². The standard InChI is InChI=1S/C27H31BrClN5O4/c1-14(2)21-22(15(3)7-8-30-21)34-18-11-17(28)20(29)23-19(18)24(31-25(34)35)33-10-9-32(12-16(33)13-37-23)26(36)38-27(4,5)6/h7-8,11,14,16H,9-10,12-13H2,1-6H3/t16-/m1/s1. The van der Waals surface area contributed by atoms with Gasteiger partial charge >= 0.3 is 11.8 Å². The van der Waals surface area contributed by atoms with Crippen LogP contribution in [0.15, 0.2) is 27.6 Å². The molecule has 0 unspecified atom stereocenters. The van der Waals surface area contributed by atoms with Crippen LogP contribution < -0.4 is 15.3 Å². The Morgan fingerprint density at radius 3 is 2.71 bits per heavy atom. The molecule has 1 amide bonds. The lowest BCUT2D eigenvalue weighted by Gasteiger charge is -2.41. The zero-order chi connectivity index (χ0) is 27.5. The molecule has 1 fully saturated rings. The molecule has 0 radical (unpaired) electrons. The van der Waals surface area contributed by atoms with E-state index in [-0.39, 0.29) is 24.7 Å². The second kappa shape index (κ2) is 9.72. The van der Waals surface area contributed by atoms with Crippen molar-refractivity contribution in [1.29, 1.82) is 0 Å². The molecule has 9 nitrogen and oxygen atoms in total. The van der Waals surface area contributed by atoms with E-state index in [1.165, 1.54) is 0 Å².